The van der Waals surface area contributed by atoms with Gasteiger partial charge in [-0.3, -0.25) is 0 Å². The minimum absolute atomic E-state index is 0.00416. The lowest BCUT2D eigenvalue weighted by Gasteiger charge is -2.35. The maximum Gasteiger partial charge on any atom is 0.573 e. The van der Waals surface area contributed by atoms with Crippen LogP contribution in [0.1, 0.15) is 17.4 Å². The number of rotatable bonds is 6. The summed E-state index contributed by atoms with van der Waals surface area (Å²) in [5.74, 6) is -1.11. The molecule has 0 unspecified atom stereocenters. The topological polar surface area (TPSA) is 79.8 Å². The van der Waals surface area contributed by atoms with Crippen molar-refractivity contribution < 1.29 is 27.4 Å². The third-order valence-electron chi connectivity index (χ3n) is 4.50. The number of alkyl halides is 3. The van der Waals surface area contributed by atoms with E-state index in [2.05, 4.69) is 24.9 Å². The Bertz CT molecular complexity index is 936. The Morgan fingerprint density at radius 2 is 1.97 bits per heavy atom. The number of aromatic nitrogens is 2. The fourth-order valence-electron chi connectivity index (χ4n) is 3.01. The van der Waals surface area contributed by atoms with Crippen molar-refractivity contribution in [1.29, 1.82) is 0 Å². The molecule has 2 aromatic rings. The zero-order chi connectivity index (χ0) is 22.6. The normalized spacial score (nSPS) is 15.0. The van der Waals surface area contributed by atoms with Crippen LogP contribution in [-0.2, 0) is 4.74 Å². The summed E-state index contributed by atoms with van der Waals surface area (Å²) >= 11 is 5.94. The van der Waals surface area contributed by atoms with Crippen molar-refractivity contribution >= 4 is 34.9 Å². The number of piperazine rings is 1. The highest BCUT2D eigenvalue weighted by molar-refractivity contribution is 6.33. The number of carbonyl (C=O) groups excluding carboxylic acids is 1. The zero-order valence-corrected chi connectivity index (χ0v) is 17.6. The van der Waals surface area contributed by atoms with E-state index >= 15 is 0 Å². The first-order valence-electron chi connectivity index (χ1n) is 9.46. The third kappa shape index (κ3) is 6.11. The summed E-state index contributed by atoms with van der Waals surface area (Å²) in [6, 6.07) is 4.33. The van der Waals surface area contributed by atoms with E-state index < -0.39 is 12.3 Å². The molecule has 3 rings (SSSR count). The second kappa shape index (κ2) is 9.56. The lowest BCUT2D eigenvalue weighted by atomic mass is 10.2. The molecule has 1 N–H and O–H groups in total. The predicted octanol–water partition coefficient (Wildman–Crippen LogP) is 3.70. The van der Waals surface area contributed by atoms with Crippen molar-refractivity contribution in [2.24, 2.45) is 0 Å². The summed E-state index contributed by atoms with van der Waals surface area (Å²) in [6.07, 6.45) is -3.65. The minimum Gasteiger partial charge on any atom is -0.461 e. The van der Waals surface area contributed by atoms with Gasteiger partial charge in [-0.25, -0.2) is 14.8 Å². The molecule has 0 atom stereocenters. The van der Waals surface area contributed by atoms with Crippen LogP contribution >= 0.6 is 11.6 Å². The first kappa shape index (κ1) is 22.9. The highest BCUT2D eigenvalue weighted by Gasteiger charge is 2.33. The third-order valence-corrected chi connectivity index (χ3v) is 4.78. The largest absolute Gasteiger partial charge is 0.573 e. The maximum absolute atomic E-state index is 13.0. The molecule has 31 heavy (non-hydrogen) atoms. The molecule has 168 valence electrons. The van der Waals surface area contributed by atoms with Crippen molar-refractivity contribution in [3.8, 4) is 5.75 Å². The average Bonchev–Trinajstić information content (AvgIpc) is 2.69. The molecular formula is C19H21ClF3N5O3. The smallest absolute Gasteiger partial charge is 0.461 e. The summed E-state index contributed by atoms with van der Waals surface area (Å²) in [5.41, 5.74) is 0.427. The fraction of sp³-hybridized carbons (Fsp3) is 0.421. The first-order valence-corrected chi connectivity index (χ1v) is 9.84. The second-order valence-corrected chi connectivity index (χ2v) is 7.16. The number of nitrogens with zero attached hydrogens (tertiary/aromatic N) is 4. The summed E-state index contributed by atoms with van der Waals surface area (Å²) in [6.45, 7) is 4.35. The molecule has 1 aromatic heterocycles. The van der Waals surface area contributed by atoms with Crippen LogP contribution < -0.4 is 15.0 Å². The van der Waals surface area contributed by atoms with E-state index in [0.29, 0.717) is 18.8 Å². The van der Waals surface area contributed by atoms with Gasteiger partial charge in [0.2, 0.25) is 5.95 Å². The Balaban J connectivity index is 1.87. The number of hydrogen-bond acceptors (Lipinski definition) is 8. The van der Waals surface area contributed by atoms with E-state index in [1.165, 1.54) is 18.3 Å². The van der Waals surface area contributed by atoms with Crippen molar-refractivity contribution in [3.05, 3.63) is 35.1 Å². The molecule has 1 aliphatic rings. The molecule has 1 saturated heterocycles. The van der Waals surface area contributed by atoms with Crippen molar-refractivity contribution in [2.75, 3.05) is 50.1 Å². The van der Waals surface area contributed by atoms with Gasteiger partial charge in [-0.2, -0.15) is 0 Å². The molecule has 0 aliphatic carbocycles. The molecular weight excluding hydrogens is 439 g/mol. The minimum atomic E-state index is -4.85. The Hall–Kier alpha value is -2.79. The number of ether oxygens (including phenoxy) is 2. The van der Waals surface area contributed by atoms with Crippen LogP contribution in [0.5, 0.6) is 5.75 Å². The summed E-state index contributed by atoms with van der Waals surface area (Å²) in [7, 11) is 1.95. The number of anilines is 3. The van der Waals surface area contributed by atoms with Crippen LogP contribution in [0.15, 0.2) is 24.4 Å². The Morgan fingerprint density at radius 1 is 1.26 bits per heavy atom. The molecule has 0 saturated carbocycles. The summed E-state index contributed by atoms with van der Waals surface area (Å²) in [5, 5.41) is 2.76. The van der Waals surface area contributed by atoms with Crippen molar-refractivity contribution in [2.45, 2.75) is 13.3 Å². The van der Waals surface area contributed by atoms with Gasteiger partial charge in [0.15, 0.2) is 11.4 Å². The zero-order valence-electron chi connectivity index (χ0n) is 16.9. The number of nitrogens with one attached hydrogen (secondary N) is 1. The Kier molecular flexibility index (Phi) is 7.06. The van der Waals surface area contributed by atoms with Gasteiger partial charge in [0.05, 0.1) is 23.5 Å². The highest BCUT2D eigenvalue weighted by Crippen LogP contribution is 2.36. The van der Waals surface area contributed by atoms with Crippen LogP contribution in [0.4, 0.5) is 30.5 Å². The van der Waals surface area contributed by atoms with Gasteiger partial charge in [0.1, 0.15) is 0 Å². The molecule has 0 bridgehead atoms. The molecule has 0 spiro atoms. The van der Waals surface area contributed by atoms with E-state index in [9.17, 15) is 18.0 Å². The van der Waals surface area contributed by atoms with Crippen molar-refractivity contribution in [1.82, 2.24) is 14.9 Å². The van der Waals surface area contributed by atoms with Crippen LogP contribution in [0.3, 0.4) is 0 Å². The standard InChI is InChI=1S/C19H21ClF3N5O3/c1-3-30-17(29)16-13(20)11-24-18(26-16)25-12-4-5-14(15(10-12)31-19(21,22)23)28-8-6-27(2)7-9-28/h4-5,10-11H,3,6-9H2,1-2H3,(H,24,25,26). The molecule has 8 nitrogen and oxygen atoms in total. The maximum atomic E-state index is 13.0. The monoisotopic (exact) mass is 459 g/mol. The number of esters is 1. The Morgan fingerprint density at radius 3 is 2.61 bits per heavy atom. The summed E-state index contributed by atoms with van der Waals surface area (Å²) in [4.78, 5) is 23.8. The van der Waals surface area contributed by atoms with Crippen LogP contribution in [0.25, 0.3) is 0 Å². The van der Waals surface area contributed by atoms with E-state index in [4.69, 9.17) is 16.3 Å². The number of halogens is 4. The van der Waals surface area contributed by atoms with Gasteiger partial charge in [-0.05, 0) is 26.1 Å². The molecule has 0 amide bonds. The summed E-state index contributed by atoms with van der Waals surface area (Å²) < 4.78 is 48.2. The fourth-order valence-corrected chi connectivity index (χ4v) is 3.17. The average molecular weight is 460 g/mol. The number of carbonyl (C=O) groups is 1. The van der Waals surface area contributed by atoms with E-state index in [1.807, 2.05) is 11.9 Å². The quantitative estimate of drug-likeness (QED) is 0.655. The van der Waals surface area contributed by atoms with Gasteiger partial charge < -0.3 is 24.6 Å². The molecule has 1 aliphatic heterocycles. The molecule has 1 fully saturated rings. The van der Waals surface area contributed by atoms with Crippen molar-refractivity contribution in [3.63, 3.8) is 0 Å². The molecule has 0 radical (unpaired) electrons. The molecule has 1 aromatic carbocycles. The van der Waals surface area contributed by atoms with Gasteiger partial charge >= 0.3 is 12.3 Å². The number of likely N-dealkylation sites (N-methyl/N-ethyl adjacent to an activating group) is 1. The van der Waals surface area contributed by atoms with Crippen LogP contribution in [0.2, 0.25) is 5.02 Å². The second-order valence-electron chi connectivity index (χ2n) is 6.76. The predicted molar refractivity (Wildman–Crippen MR) is 109 cm³/mol. The van der Waals surface area contributed by atoms with E-state index in [-0.39, 0.29) is 34.7 Å². The highest BCUT2D eigenvalue weighted by atomic mass is 35.5. The number of benzene rings is 1. The molecule has 12 heteroatoms. The Labute approximate surface area is 181 Å². The van der Waals surface area contributed by atoms with Gasteiger partial charge in [-0.1, -0.05) is 11.6 Å². The van der Waals surface area contributed by atoms with Gasteiger partial charge in [0, 0.05) is 37.9 Å². The first-order chi connectivity index (χ1) is 14.7. The van der Waals surface area contributed by atoms with E-state index in [1.54, 1.807) is 13.0 Å². The SMILES string of the molecule is CCOC(=O)c1nc(Nc2ccc(N3CCN(C)CC3)c(OC(F)(F)F)c2)ncc1Cl. The lowest BCUT2D eigenvalue weighted by molar-refractivity contribution is -0.274. The van der Waals surface area contributed by atoms with Gasteiger partial charge in [-0.15, -0.1) is 13.2 Å². The van der Waals surface area contributed by atoms with Gasteiger partial charge in [0.25, 0.3) is 0 Å². The van der Waals surface area contributed by atoms with E-state index in [0.717, 1.165) is 13.1 Å². The number of hydrogen-bond donors (Lipinski definition) is 1. The van der Waals surface area contributed by atoms with Crippen LogP contribution in [-0.4, -0.2) is 67.0 Å². The van der Waals surface area contributed by atoms with Crippen LogP contribution in [0, 0.1) is 0 Å². The lowest BCUT2D eigenvalue weighted by Crippen LogP contribution is -2.44. The molecule has 2 heterocycles.